The minimum absolute atomic E-state index is 0.0593. The SMILES string of the molecule is C#CCCN(C(=O)/C=C/CN(C)C)C1CCOCC1. The lowest BCUT2D eigenvalue weighted by atomic mass is 10.1. The molecule has 4 nitrogen and oxygen atoms in total. The molecule has 1 amide bonds. The van der Waals surface area contributed by atoms with E-state index in [1.54, 1.807) is 6.08 Å². The van der Waals surface area contributed by atoms with Gasteiger partial charge in [-0.25, -0.2) is 0 Å². The van der Waals surface area contributed by atoms with Crippen LogP contribution in [-0.2, 0) is 9.53 Å². The van der Waals surface area contributed by atoms with Gasteiger partial charge in [-0.3, -0.25) is 4.79 Å². The Labute approximate surface area is 116 Å². The van der Waals surface area contributed by atoms with Crippen molar-refractivity contribution < 1.29 is 9.53 Å². The smallest absolute Gasteiger partial charge is 0.246 e. The summed E-state index contributed by atoms with van der Waals surface area (Å²) in [5, 5.41) is 0. The molecule has 0 aromatic rings. The van der Waals surface area contributed by atoms with Crippen LogP contribution in [0.2, 0.25) is 0 Å². The first-order valence-electron chi connectivity index (χ1n) is 6.78. The number of amides is 1. The molecule has 4 heteroatoms. The summed E-state index contributed by atoms with van der Waals surface area (Å²) in [6, 6.07) is 0.263. The van der Waals surface area contributed by atoms with E-state index in [-0.39, 0.29) is 11.9 Å². The van der Waals surface area contributed by atoms with Crippen LogP contribution in [0.1, 0.15) is 19.3 Å². The van der Waals surface area contributed by atoms with Gasteiger partial charge in [0, 0.05) is 44.8 Å². The van der Waals surface area contributed by atoms with E-state index in [9.17, 15) is 4.79 Å². The van der Waals surface area contributed by atoms with Gasteiger partial charge in [-0.2, -0.15) is 0 Å². The zero-order valence-electron chi connectivity index (χ0n) is 12.0. The van der Waals surface area contributed by atoms with E-state index in [0.717, 1.165) is 32.6 Å². The number of rotatable bonds is 6. The lowest BCUT2D eigenvalue weighted by Gasteiger charge is -2.33. The van der Waals surface area contributed by atoms with Crippen LogP contribution in [0, 0.1) is 12.3 Å². The number of nitrogens with zero attached hydrogens (tertiary/aromatic N) is 2. The maximum atomic E-state index is 12.2. The number of ether oxygens (including phenoxy) is 1. The third-order valence-electron chi connectivity index (χ3n) is 3.14. The molecule has 0 aromatic heterocycles. The maximum absolute atomic E-state index is 12.2. The Morgan fingerprint density at radius 3 is 2.68 bits per heavy atom. The summed E-state index contributed by atoms with van der Waals surface area (Å²) in [7, 11) is 3.95. The molecule has 0 N–H and O–H groups in total. The van der Waals surface area contributed by atoms with Crippen molar-refractivity contribution in [1.82, 2.24) is 9.80 Å². The van der Waals surface area contributed by atoms with E-state index in [0.29, 0.717) is 13.0 Å². The summed E-state index contributed by atoms with van der Waals surface area (Å²) in [6.45, 7) is 2.85. The standard InChI is InChI=1S/C15H24N2O2/c1-4-5-11-17(14-8-12-19-13-9-14)15(18)7-6-10-16(2)3/h1,6-7,14H,5,8-13H2,2-3H3/b7-6+. The average molecular weight is 264 g/mol. The van der Waals surface area contributed by atoms with Crippen molar-refractivity contribution in [3.05, 3.63) is 12.2 Å². The van der Waals surface area contributed by atoms with Gasteiger partial charge in [0.15, 0.2) is 0 Å². The summed E-state index contributed by atoms with van der Waals surface area (Å²) in [6.07, 6.45) is 11.3. The third kappa shape index (κ3) is 5.91. The van der Waals surface area contributed by atoms with E-state index in [2.05, 4.69) is 5.92 Å². The zero-order chi connectivity index (χ0) is 14.1. The number of terminal acetylenes is 1. The molecule has 0 radical (unpaired) electrons. The van der Waals surface area contributed by atoms with Gasteiger partial charge in [0.25, 0.3) is 0 Å². The van der Waals surface area contributed by atoms with Gasteiger partial charge >= 0.3 is 0 Å². The van der Waals surface area contributed by atoms with E-state index in [1.807, 2.05) is 30.0 Å². The normalized spacial score (nSPS) is 16.7. The summed E-state index contributed by atoms with van der Waals surface area (Å²) >= 11 is 0. The molecular weight excluding hydrogens is 240 g/mol. The second-order valence-electron chi connectivity index (χ2n) is 4.99. The van der Waals surface area contributed by atoms with E-state index < -0.39 is 0 Å². The molecule has 1 aliphatic heterocycles. The summed E-state index contributed by atoms with van der Waals surface area (Å²) in [4.78, 5) is 16.2. The average Bonchev–Trinajstić information content (AvgIpc) is 2.40. The number of carbonyl (C=O) groups is 1. The predicted octanol–water partition coefficient (Wildman–Crippen LogP) is 1.14. The fraction of sp³-hybridized carbons (Fsp3) is 0.667. The Morgan fingerprint density at radius 2 is 2.11 bits per heavy atom. The number of carbonyl (C=O) groups excluding carboxylic acids is 1. The lowest BCUT2D eigenvalue weighted by molar-refractivity contribution is -0.130. The van der Waals surface area contributed by atoms with Crippen molar-refractivity contribution in [2.24, 2.45) is 0 Å². The van der Waals surface area contributed by atoms with Gasteiger partial charge in [0.2, 0.25) is 5.91 Å². The first kappa shape index (κ1) is 15.7. The van der Waals surface area contributed by atoms with Crippen LogP contribution in [0.3, 0.4) is 0 Å². The summed E-state index contributed by atoms with van der Waals surface area (Å²) in [5.74, 6) is 2.67. The highest BCUT2D eigenvalue weighted by Gasteiger charge is 2.23. The fourth-order valence-corrected chi connectivity index (χ4v) is 2.11. The molecule has 0 bridgehead atoms. The van der Waals surface area contributed by atoms with Gasteiger partial charge in [0.05, 0.1) is 0 Å². The molecular formula is C15H24N2O2. The minimum Gasteiger partial charge on any atom is -0.381 e. The second-order valence-corrected chi connectivity index (χ2v) is 4.99. The van der Waals surface area contributed by atoms with Crippen molar-refractivity contribution in [3.63, 3.8) is 0 Å². The molecule has 0 aliphatic carbocycles. The van der Waals surface area contributed by atoms with Crippen LogP contribution in [0.15, 0.2) is 12.2 Å². The number of hydrogen-bond donors (Lipinski definition) is 0. The van der Waals surface area contributed by atoms with Crippen LogP contribution >= 0.6 is 0 Å². The molecule has 0 atom stereocenters. The summed E-state index contributed by atoms with van der Waals surface area (Å²) < 4.78 is 5.34. The van der Waals surface area contributed by atoms with Crippen LogP contribution < -0.4 is 0 Å². The van der Waals surface area contributed by atoms with Gasteiger partial charge in [-0.1, -0.05) is 6.08 Å². The molecule has 0 saturated carbocycles. The first-order valence-corrected chi connectivity index (χ1v) is 6.78. The van der Waals surface area contributed by atoms with E-state index in [4.69, 9.17) is 11.2 Å². The fourth-order valence-electron chi connectivity index (χ4n) is 2.11. The van der Waals surface area contributed by atoms with Crippen molar-refractivity contribution in [2.45, 2.75) is 25.3 Å². The first-order chi connectivity index (χ1) is 9.15. The molecule has 0 spiro atoms. The number of hydrogen-bond acceptors (Lipinski definition) is 3. The second kappa shape index (κ2) is 8.73. The Balaban J connectivity index is 2.58. The predicted molar refractivity (Wildman–Crippen MR) is 76.7 cm³/mol. The van der Waals surface area contributed by atoms with Crippen LogP contribution in [-0.4, -0.2) is 62.1 Å². The van der Waals surface area contributed by atoms with Gasteiger partial charge in [0.1, 0.15) is 0 Å². The van der Waals surface area contributed by atoms with Crippen molar-refractivity contribution in [2.75, 3.05) is 40.4 Å². The Kier molecular flexibility index (Phi) is 7.24. The van der Waals surface area contributed by atoms with E-state index in [1.165, 1.54) is 0 Å². The van der Waals surface area contributed by atoms with Gasteiger partial charge in [-0.05, 0) is 26.9 Å². The number of likely N-dealkylation sites (N-methyl/N-ethyl adjacent to an activating group) is 1. The van der Waals surface area contributed by atoms with Crippen LogP contribution in [0.5, 0.6) is 0 Å². The molecule has 1 rings (SSSR count). The minimum atomic E-state index is 0.0593. The van der Waals surface area contributed by atoms with Crippen molar-refractivity contribution in [1.29, 1.82) is 0 Å². The Bertz CT molecular complexity index is 339. The molecule has 0 unspecified atom stereocenters. The topological polar surface area (TPSA) is 32.8 Å². The molecule has 106 valence electrons. The van der Waals surface area contributed by atoms with Crippen molar-refractivity contribution in [3.8, 4) is 12.3 Å². The van der Waals surface area contributed by atoms with Gasteiger partial charge < -0.3 is 14.5 Å². The largest absolute Gasteiger partial charge is 0.381 e. The van der Waals surface area contributed by atoms with Gasteiger partial charge in [-0.15, -0.1) is 12.3 Å². The van der Waals surface area contributed by atoms with Crippen LogP contribution in [0.4, 0.5) is 0 Å². The zero-order valence-corrected chi connectivity index (χ0v) is 12.0. The summed E-state index contributed by atoms with van der Waals surface area (Å²) in [5.41, 5.74) is 0. The Morgan fingerprint density at radius 1 is 1.42 bits per heavy atom. The molecule has 19 heavy (non-hydrogen) atoms. The quantitative estimate of drug-likeness (QED) is 0.533. The monoisotopic (exact) mass is 264 g/mol. The molecule has 1 saturated heterocycles. The van der Waals surface area contributed by atoms with E-state index >= 15 is 0 Å². The molecule has 1 heterocycles. The van der Waals surface area contributed by atoms with Crippen molar-refractivity contribution >= 4 is 5.91 Å². The lowest BCUT2D eigenvalue weighted by Crippen LogP contribution is -2.43. The third-order valence-corrected chi connectivity index (χ3v) is 3.14. The van der Waals surface area contributed by atoms with Crippen LogP contribution in [0.25, 0.3) is 0 Å². The highest BCUT2D eigenvalue weighted by molar-refractivity contribution is 5.87. The highest BCUT2D eigenvalue weighted by atomic mass is 16.5. The maximum Gasteiger partial charge on any atom is 0.246 e. The molecule has 1 fully saturated rings. The molecule has 1 aliphatic rings. The molecule has 0 aromatic carbocycles. The highest BCUT2D eigenvalue weighted by Crippen LogP contribution is 2.15. The Hall–Kier alpha value is -1.31.